The SMILES string of the molecule is Clc1ccc(-c2cnn(PI)c2)c(Cl)n1. The molecule has 0 fully saturated rings. The molecule has 1 unspecified atom stereocenters. The van der Waals surface area contributed by atoms with Gasteiger partial charge in [-0.15, -0.1) is 0 Å². The average molecular weight is 372 g/mol. The molecule has 2 heterocycles. The third kappa shape index (κ3) is 2.61. The highest BCUT2D eigenvalue weighted by molar-refractivity contribution is 14.2. The molecule has 0 aromatic carbocycles. The van der Waals surface area contributed by atoms with E-state index in [4.69, 9.17) is 23.2 Å². The van der Waals surface area contributed by atoms with Crippen molar-refractivity contribution in [1.29, 1.82) is 0 Å². The predicted molar refractivity (Wildman–Crippen MR) is 73.2 cm³/mol. The van der Waals surface area contributed by atoms with Gasteiger partial charge in [0.2, 0.25) is 0 Å². The predicted octanol–water partition coefficient (Wildman–Crippen LogP) is 4.04. The van der Waals surface area contributed by atoms with Gasteiger partial charge in [-0.1, -0.05) is 23.2 Å². The van der Waals surface area contributed by atoms with Crippen molar-refractivity contribution in [1.82, 2.24) is 14.5 Å². The lowest BCUT2D eigenvalue weighted by Crippen LogP contribution is -1.82. The summed E-state index contributed by atoms with van der Waals surface area (Å²) < 4.78 is 1.85. The summed E-state index contributed by atoms with van der Waals surface area (Å²) in [6.07, 6.45) is 4.27. The molecule has 78 valence electrons. The van der Waals surface area contributed by atoms with E-state index in [1.54, 1.807) is 12.3 Å². The van der Waals surface area contributed by atoms with Crippen molar-refractivity contribution in [2.45, 2.75) is 0 Å². The minimum absolute atomic E-state index is 0.395. The molecule has 0 spiro atoms. The van der Waals surface area contributed by atoms with Crippen molar-refractivity contribution in [3.05, 3.63) is 34.8 Å². The van der Waals surface area contributed by atoms with Crippen molar-refractivity contribution >= 4 is 51.6 Å². The topological polar surface area (TPSA) is 30.7 Å². The van der Waals surface area contributed by atoms with Gasteiger partial charge >= 0.3 is 0 Å². The molecule has 0 amide bonds. The van der Waals surface area contributed by atoms with Crippen LogP contribution in [0.1, 0.15) is 0 Å². The smallest absolute Gasteiger partial charge is 0.138 e. The molecule has 0 N–H and O–H groups in total. The lowest BCUT2D eigenvalue weighted by atomic mass is 10.2. The Morgan fingerprint density at radius 1 is 1.33 bits per heavy atom. The molecule has 3 nitrogen and oxygen atoms in total. The van der Waals surface area contributed by atoms with E-state index in [1.165, 1.54) is 0 Å². The summed E-state index contributed by atoms with van der Waals surface area (Å²) >= 11 is 14.0. The van der Waals surface area contributed by atoms with Gasteiger partial charge in [-0.25, -0.2) is 9.44 Å². The third-order valence-corrected chi connectivity index (χ3v) is 4.19. The Hall–Kier alpha value is 0.1000. The zero-order valence-corrected chi connectivity index (χ0v) is 12.0. The number of hydrogen-bond donors (Lipinski definition) is 0. The van der Waals surface area contributed by atoms with Crippen LogP contribution in [0, 0.1) is 0 Å². The van der Waals surface area contributed by atoms with Gasteiger partial charge in [0.25, 0.3) is 0 Å². The van der Waals surface area contributed by atoms with Gasteiger partial charge in [0.15, 0.2) is 0 Å². The first-order valence-corrected chi connectivity index (χ1v) is 8.76. The number of hydrogen-bond acceptors (Lipinski definition) is 2. The highest BCUT2D eigenvalue weighted by Gasteiger charge is 2.07. The summed E-state index contributed by atoms with van der Waals surface area (Å²) in [5, 5.41) is 4.97. The molecule has 0 bridgehead atoms. The molecule has 0 aliphatic heterocycles. The summed E-state index contributed by atoms with van der Waals surface area (Å²) in [6, 6.07) is 3.56. The maximum Gasteiger partial charge on any atom is 0.138 e. The van der Waals surface area contributed by atoms with Gasteiger partial charge in [-0.2, -0.15) is 5.10 Å². The summed E-state index contributed by atoms with van der Waals surface area (Å²) in [5.41, 5.74) is 1.80. The molecule has 2 aromatic heterocycles. The maximum atomic E-state index is 5.98. The minimum Gasteiger partial charge on any atom is -0.245 e. The number of pyridine rings is 1. The van der Waals surface area contributed by atoms with E-state index >= 15 is 0 Å². The van der Waals surface area contributed by atoms with Crippen molar-refractivity contribution in [2.24, 2.45) is 0 Å². The first-order chi connectivity index (χ1) is 7.20. The van der Waals surface area contributed by atoms with E-state index in [9.17, 15) is 0 Å². The summed E-state index contributed by atoms with van der Waals surface area (Å²) in [6.45, 7) is 0. The normalized spacial score (nSPS) is 11.4. The first kappa shape index (κ1) is 11.6. The Balaban J connectivity index is 2.44. The van der Waals surface area contributed by atoms with Crippen molar-refractivity contribution in [2.75, 3.05) is 0 Å². The number of rotatable bonds is 2. The molecular formula is C8H5Cl2IN3P. The van der Waals surface area contributed by atoms with Crippen LogP contribution in [0.4, 0.5) is 0 Å². The van der Waals surface area contributed by atoms with E-state index in [0.29, 0.717) is 16.7 Å². The van der Waals surface area contributed by atoms with Gasteiger partial charge < -0.3 is 0 Å². The lowest BCUT2D eigenvalue weighted by Gasteiger charge is -1.99. The second kappa shape index (κ2) is 4.95. The van der Waals surface area contributed by atoms with Gasteiger partial charge in [-0.3, -0.25) is 0 Å². The molecule has 0 radical (unpaired) electrons. The molecule has 15 heavy (non-hydrogen) atoms. The van der Waals surface area contributed by atoms with Crippen LogP contribution < -0.4 is 0 Å². The lowest BCUT2D eigenvalue weighted by molar-refractivity contribution is 1.01. The Morgan fingerprint density at radius 2 is 2.13 bits per heavy atom. The Bertz CT molecular complexity index is 488. The van der Waals surface area contributed by atoms with Crippen LogP contribution in [0.5, 0.6) is 0 Å². The Kier molecular flexibility index (Phi) is 3.83. The van der Waals surface area contributed by atoms with Gasteiger partial charge in [-0.05, 0) is 34.2 Å². The van der Waals surface area contributed by atoms with Crippen LogP contribution in [0.2, 0.25) is 10.3 Å². The molecular weight excluding hydrogens is 367 g/mol. The van der Waals surface area contributed by atoms with E-state index in [-0.39, 0.29) is 0 Å². The molecule has 0 aliphatic rings. The van der Waals surface area contributed by atoms with Crippen LogP contribution in [-0.4, -0.2) is 14.5 Å². The van der Waals surface area contributed by atoms with Crippen molar-refractivity contribution in [3.63, 3.8) is 0 Å². The van der Waals surface area contributed by atoms with E-state index in [0.717, 1.165) is 11.1 Å². The minimum atomic E-state index is 0.395. The second-order valence-corrected chi connectivity index (χ2v) is 5.55. The molecule has 0 aliphatic carbocycles. The van der Waals surface area contributed by atoms with Gasteiger partial charge in [0.1, 0.15) is 10.3 Å². The van der Waals surface area contributed by atoms with Crippen LogP contribution in [-0.2, 0) is 0 Å². The zero-order valence-electron chi connectivity index (χ0n) is 7.28. The third-order valence-electron chi connectivity index (χ3n) is 1.79. The molecule has 0 saturated heterocycles. The zero-order chi connectivity index (χ0) is 10.8. The molecule has 2 rings (SSSR count). The largest absolute Gasteiger partial charge is 0.245 e. The molecule has 0 saturated carbocycles. The van der Waals surface area contributed by atoms with Gasteiger partial charge in [0, 0.05) is 17.3 Å². The number of nitrogens with zero attached hydrogens (tertiary/aromatic N) is 3. The first-order valence-electron chi connectivity index (χ1n) is 3.94. The van der Waals surface area contributed by atoms with Crippen LogP contribution in [0.15, 0.2) is 24.5 Å². The second-order valence-electron chi connectivity index (χ2n) is 2.73. The molecule has 7 heteroatoms. The molecule has 2 aromatic rings. The van der Waals surface area contributed by atoms with Crippen LogP contribution >= 0.6 is 51.6 Å². The summed E-state index contributed by atoms with van der Waals surface area (Å²) in [7, 11) is 0. The number of aromatic nitrogens is 3. The van der Waals surface area contributed by atoms with Crippen molar-refractivity contribution < 1.29 is 0 Å². The fourth-order valence-corrected chi connectivity index (χ4v) is 2.67. The quantitative estimate of drug-likeness (QED) is 0.453. The monoisotopic (exact) mass is 371 g/mol. The Morgan fingerprint density at radius 3 is 2.73 bits per heavy atom. The van der Waals surface area contributed by atoms with Gasteiger partial charge in [0.05, 0.1) is 12.6 Å². The number of halogens is 3. The van der Waals surface area contributed by atoms with Crippen LogP contribution in [0.3, 0.4) is 0 Å². The maximum absolute atomic E-state index is 5.98. The van der Waals surface area contributed by atoms with Crippen LogP contribution in [0.25, 0.3) is 11.1 Å². The summed E-state index contributed by atoms with van der Waals surface area (Å²) in [5.74, 6) is 0. The fourth-order valence-electron chi connectivity index (χ4n) is 1.14. The van der Waals surface area contributed by atoms with E-state index in [1.807, 2.05) is 16.7 Å². The standard InChI is InChI=1S/C8H5Cl2IN3P/c9-7-2-1-6(8(10)13-7)5-3-12-14(4-5)15-11/h1-4,15H. The highest BCUT2D eigenvalue weighted by Crippen LogP contribution is 2.30. The molecule has 1 atom stereocenters. The Labute approximate surface area is 111 Å². The average Bonchev–Trinajstić information content (AvgIpc) is 2.66. The fraction of sp³-hybridized carbons (Fsp3) is 0. The van der Waals surface area contributed by atoms with E-state index in [2.05, 4.69) is 32.1 Å². The summed E-state index contributed by atoms with van der Waals surface area (Å²) in [4.78, 5) is 3.98. The van der Waals surface area contributed by atoms with Crippen molar-refractivity contribution in [3.8, 4) is 11.1 Å². The highest BCUT2D eigenvalue weighted by atomic mass is 127. The van der Waals surface area contributed by atoms with E-state index < -0.39 is 0 Å².